The van der Waals surface area contributed by atoms with E-state index in [1.165, 1.54) is 48.4 Å². The number of fused-ring (bicyclic) bond motifs is 6. The molecule has 432 valence electrons. The van der Waals surface area contributed by atoms with E-state index in [1.807, 2.05) is 72.8 Å². The first-order valence-corrected chi connectivity index (χ1v) is 30.8. The van der Waals surface area contributed by atoms with E-state index in [-0.39, 0.29) is 33.5 Å². The number of nitrogens with zero attached hydrogens (tertiary/aromatic N) is 6. The molecule has 5 aliphatic heterocycles. The standard InChI is InChI=1S/C28H38N2O4.C18H22N2O2.C12H8N2.C8H15BrO2/c1-2-12-24-23(11-1)29(17-9-21-33-27-15-5-7-19-31-27)25-13-3-4-14-26(25)30(24)18-10-22-34-28-16-6-8-20-32-28;21-13-5-11-19-15-7-1-2-8-16(15)20(12-6-14-22)18-10-4-3-9-17(18)19;1-2-6-10-9(5-1)13-11-7-3-4-8-12(11)14-10;9-5-3-7-11-8-4-1-2-6-10-8/h1-4,11-14,27-28H,5-10,15-22H2;1-4,7-10,21-22H,5-6,11-14H2;1-8H;8H,1-7H2/p+1. The Balaban J connectivity index is 0.000000156. The molecule has 0 bridgehead atoms. The zero-order valence-electron chi connectivity index (χ0n) is 48.1. The van der Waals surface area contributed by atoms with Gasteiger partial charge in [-0.05, 0) is 163 Å². The summed E-state index contributed by atoms with van der Waals surface area (Å²) >= 11 is 3.35. The number of aromatic nitrogens is 2. The van der Waals surface area contributed by atoms with Crippen LogP contribution < -0.4 is 19.6 Å². The number of hydrogen-bond donors (Lipinski definition) is 2. The predicted octanol–water partition coefficient (Wildman–Crippen LogP) is 14.4. The molecule has 1 aromatic heterocycles. The van der Waals surface area contributed by atoms with Crippen molar-refractivity contribution in [2.75, 3.05) is 104 Å². The van der Waals surface area contributed by atoms with Gasteiger partial charge in [0.25, 0.3) is 0 Å². The van der Waals surface area contributed by atoms with Crippen molar-refractivity contribution in [3.8, 4) is 0 Å². The van der Waals surface area contributed by atoms with Gasteiger partial charge in [-0.25, -0.2) is 9.97 Å². The van der Waals surface area contributed by atoms with Crippen LogP contribution in [-0.2, 0) is 28.4 Å². The van der Waals surface area contributed by atoms with Crippen LogP contribution in [0.25, 0.3) is 22.1 Å². The van der Waals surface area contributed by atoms with Crippen molar-refractivity contribution in [1.82, 2.24) is 9.97 Å². The van der Waals surface area contributed by atoms with Crippen LogP contribution in [0.1, 0.15) is 91.3 Å². The summed E-state index contributed by atoms with van der Waals surface area (Å²) in [5.74, 6) is 0. The second-order valence-corrected chi connectivity index (χ2v) is 21.5. The Bertz CT molecular complexity index is 2620. The molecule has 0 spiro atoms. The molecular formula is C66H84BrN6O8+. The molecule has 3 fully saturated rings. The maximum atomic E-state index is 9.20. The van der Waals surface area contributed by atoms with Gasteiger partial charge in [-0.1, -0.05) is 88.7 Å². The third-order valence-electron chi connectivity index (χ3n) is 14.8. The number of benzene rings is 6. The number of anilines is 8. The van der Waals surface area contributed by atoms with Crippen molar-refractivity contribution in [2.24, 2.45) is 0 Å². The molecule has 14 nitrogen and oxygen atoms in total. The summed E-state index contributed by atoms with van der Waals surface area (Å²) in [4.78, 5) is 18.5. The lowest BCUT2D eigenvalue weighted by molar-refractivity contribution is -0.162. The highest BCUT2D eigenvalue weighted by atomic mass is 79.9. The quantitative estimate of drug-likeness (QED) is 0.0426. The van der Waals surface area contributed by atoms with E-state index < -0.39 is 0 Å². The normalized spacial score (nSPS) is 18.2. The Labute approximate surface area is 489 Å². The van der Waals surface area contributed by atoms with Crippen LogP contribution in [0, 0.1) is 0 Å². The Morgan fingerprint density at radius 2 is 0.642 bits per heavy atom. The van der Waals surface area contributed by atoms with Gasteiger partial charge >= 0.3 is 1.43 Å². The van der Waals surface area contributed by atoms with E-state index in [9.17, 15) is 10.2 Å². The molecule has 0 amide bonds. The molecule has 3 saturated heterocycles. The second kappa shape index (κ2) is 32.8. The summed E-state index contributed by atoms with van der Waals surface area (Å²) in [6.07, 6.45) is 14.7. The van der Waals surface area contributed by atoms with Crippen LogP contribution in [0.15, 0.2) is 146 Å². The van der Waals surface area contributed by atoms with E-state index in [0.717, 1.165) is 180 Å². The monoisotopic (exact) mass is 1170 g/mol. The SMILES string of the molecule is BrCCCOC1CCCCO1.OCCCN1c2ccccc2N(CCCO)c2ccccc21.[H+].c1ccc2c(c1)N(CCCOC1CCCCO1)c1ccccc1N2CCCOC1CCCCO1.c1ccc2nc3ccccc3nc2c1. The molecule has 5 aliphatic rings. The smallest absolute Gasteiger partial charge is 0.396 e. The van der Waals surface area contributed by atoms with E-state index in [0.29, 0.717) is 0 Å². The van der Waals surface area contributed by atoms with Crippen LogP contribution in [0.4, 0.5) is 45.5 Å². The lowest BCUT2D eigenvalue weighted by Crippen LogP contribution is -2.32. The van der Waals surface area contributed by atoms with Gasteiger partial charge in [0.2, 0.25) is 0 Å². The van der Waals surface area contributed by atoms with Gasteiger partial charge in [-0.2, -0.15) is 0 Å². The number of ether oxygens (including phenoxy) is 6. The molecule has 6 heterocycles. The lowest BCUT2D eigenvalue weighted by Gasteiger charge is -2.40. The molecule has 0 aliphatic carbocycles. The molecule has 3 unspecified atom stereocenters. The van der Waals surface area contributed by atoms with E-state index in [4.69, 9.17) is 28.4 Å². The minimum absolute atomic E-state index is 0. The summed E-state index contributed by atoms with van der Waals surface area (Å²) in [5.41, 5.74) is 13.5. The van der Waals surface area contributed by atoms with Crippen LogP contribution in [-0.4, -0.2) is 123 Å². The average molecular weight is 1170 g/mol. The largest absolute Gasteiger partial charge is 1.00 e. The highest BCUT2D eigenvalue weighted by Crippen LogP contribution is 2.49. The number of rotatable bonds is 20. The van der Waals surface area contributed by atoms with E-state index >= 15 is 0 Å². The third kappa shape index (κ3) is 17.0. The molecule has 2 N–H and O–H groups in total. The molecule has 6 aromatic carbocycles. The highest BCUT2D eigenvalue weighted by molar-refractivity contribution is 9.09. The molecular weight excluding hydrogens is 1080 g/mol. The summed E-state index contributed by atoms with van der Waals surface area (Å²) in [7, 11) is 0. The second-order valence-electron chi connectivity index (χ2n) is 20.7. The van der Waals surface area contributed by atoms with Crippen molar-refractivity contribution in [3.05, 3.63) is 146 Å². The summed E-state index contributed by atoms with van der Waals surface area (Å²) in [6, 6.07) is 50.0. The number of para-hydroxylation sites is 12. The molecule has 12 rings (SSSR count). The van der Waals surface area contributed by atoms with Crippen molar-refractivity contribution >= 4 is 83.5 Å². The maximum Gasteiger partial charge on any atom is 1.00 e. The van der Waals surface area contributed by atoms with Gasteiger partial charge in [-0.3, -0.25) is 0 Å². The minimum atomic E-state index is -0.0219. The Hall–Kier alpha value is -5.72. The fourth-order valence-corrected chi connectivity index (χ4v) is 11.1. The van der Waals surface area contributed by atoms with Crippen LogP contribution in [0.3, 0.4) is 0 Å². The first-order valence-electron chi connectivity index (χ1n) is 29.7. The van der Waals surface area contributed by atoms with Crippen LogP contribution in [0.5, 0.6) is 0 Å². The van der Waals surface area contributed by atoms with Crippen LogP contribution in [0.2, 0.25) is 0 Å². The number of aliphatic hydroxyl groups excluding tert-OH is 2. The number of hydrogen-bond acceptors (Lipinski definition) is 14. The topological polar surface area (TPSA) is 135 Å². The van der Waals surface area contributed by atoms with Gasteiger partial charge in [0.05, 0.1) is 87.4 Å². The minimum Gasteiger partial charge on any atom is -0.396 e. The maximum absolute atomic E-state index is 9.20. The fourth-order valence-electron chi connectivity index (χ4n) is 10.9. The van der Waals surface area contributed by atoms with Gasteiger partial charge in [0, 0.05) is 64.5 Å². The molecule has 3 atom stereocenters. The molecule has 81 heavy (non-hydrogen) atoms. The van der Waals surface area contributed by atoms with E-state index in [1.54, 1.807) is 0 Å². The zero-order valence-corrected chi connectivity index (χ0v) is 48.7. The molecule has 7 aromatic rings. The van der Waals surface area contributed by atoms with Crippen molar-refractivity contribution in [3.63, 3.8) is 0 Å². The third-order valence-corrected chi connectivity index (χ3v) is 15.4. The Morgan fingerprint density at radius 3 is 0.889 bits per heavy atom. The van der Waals surface area contributed by atoms with Crippen molar-refractivity contribution in [2.45, 2.75) is 109 Å². The fraction of sp³-hybridized carbons (Fsp3) is 0.455. The van der Waals surface area contributed by atoms with Gasteiger partial charge in [0.15, 0.2) is 18.9 Å². The first-order chi connectivity index (χ1) is 40.1. The predicted molar refractivity (Wildman–Crippen MR) is 332 cm³/mol. The molecule has 15 heteroatoms. The zero-order chi connectivity index (χ0) is 55.7. The summed E-state index contributed by atoms with van der Waals surface area (Å²) < 4.78 is 34.3. The van der Waals surface area contributed by atoms with Crippen LogP contribution >= 0.6 is 15.9 Å². The number of aliphatic hydroxyl groups is 2. The first kappa shape index (κ1) is 59.9. The molecule has 0 saturated carbocycles. The lowest BCUT2D eigenvalue weighted by atomic mass is 10.1. The Morgan fingerprint density at radius 1 is 0.383 bits per heavy atom. The van der Waals surface area contributed by atoms with Gasteiger partial charge < -0.3 is 58.2 Å². The van der Waals surface area contributed by atoms with Gasteiger partial charge in [-0.15, -0.1) is 0 Å². The number of halogens is 1. The van der Waals surface area contributed by atoms with E-state index in [2.05, 4.69) is 118 Å². The number of alkyl halides is 1. The summed E-state index contributed by atoms with van der Waals surface area (Å²) in [5, 5.41) is 19.4. The summed E-state index contributed by atoms with van der Waals surface area (Å²) in [6.45, 7) is 8.56. The van der Waals surface area contributed by atoms with Crippen molar-refractivity contribution < 1.29 is 40.1 Å². The van der Waals surface area contributed by atoms with Crippen molar-refractivity contribution in [1.29, 1.82) is 0 Å². The van der Waals surface area contributed by atoms with Gasteiger partial charge in [0.1, 0.15) is 0 Å². The highest BCUT2D eigenvalue weighted by Gasteiger charge is 2.29. The Kier molecular flexibility index (Phi) is 24.2. The molecule has 0 radical (unpaired) electrons. The average Bonchev–Trinajstić information content (AvgIpc) is 3.65.